The molecule has 1 heterocycles. The maximum atomic E-state index is 8.08. The van der Waals surface area contributed by atoms with Gasteiger partial charge in [0.15, 0.2) is 4.80 Å². The number of aryl methyl sites for hydroxylation is 1. The molecule has 0 atom stereocenters. The van der Waals surface area contributed by atoms with Crippen LogP contribution in [-0.2, 0) is 13.0 Å². The maximum absolute atomic E-state index is 8.08. The lowest BCUT2D eigenvalue weighted by molar-refractivity contribution is 0.731. The minimum absolute atomic E-state index is 0.557. The molecule has 19 heavy (non-hydrogen) atoms. The van der Waals surface area contributed by atoms with Crippen LogP contribution in [0.4, 0.5) is 0 Å². The summed E-state index contributed by atoms with van der Waals surface area (Å²) in [7, 11) is 0. The van der Waals surface area contributed by atoms with Gasteiger partial charge in [-0.05, 0) is 25.5 Å². The highest BCUT2D eigenvalue weighted by Gasteiger charge is 2.14. The Hall–Kier alpha value is -0.770. The molecule has 0 aliphatic heterocycles. The van der Waals surface area contributed by atoms with E-state index in [2.05, 4.69) is 13.8 Å². The number of thiazole rings is 1. The summed E-state index contributed by atoms with van der Waals surface area (Å²) < 4.78 is 2.02. The van der Waals surface area contributed by atoms with Crippen molar-refractivity contribution in [3.63, 3.8) is 0 Å². The molecule has 102 valence electrons. The molecule has 1 N–H and O–H groups in total. The molecule has 0 aliphatic rings. The first-order valence-corrected chi connectivity index (χ1v) is 7.88. The molecule has 1 aromatic carbocycles. The summed E-state index contributed by atoms with van der Waals surface area (Å²) in [6.45, 7) is 4.99. The molecule has 2 aromatic rings. The highest BCUT2D eigenvalue weighted by molar-refractivity contribution is 7.09. The molecule has 0 unspecified atom stereocenters. The molecule has 0 saturated carbocycles. The molecule has 0 bridgehead atoms. The van der Waals surface area contributed by atoms with Crippen LogP contribution in [-0.4, -0.2) is 4.57 Å². The van der Waals surface area contributed by atoms with Gasteiger partial charge in [0.2, 0.25) is 0 Å². The summed E-state index contributed by atoms with van der Waals surface area (Å²) in [5.41, 5.74) is 2.15. The topological polar surface area (TPSA) is 28.8 Å². The Morgan fingerprint density at radius 1 is 1.21 bits per heavy atom. The van der Waals surface area contributed by atoms with Crippen LogP contribution in [0.15, 0.2) is 18.2 Å². The van der Waals surface area contributed by atoms with Crippen molar-refractivity contribution in [2.75, 3.05) is 0 Å². The number of rotatable bonds is 4. The molecule has 0 saturated heterocycles. The number of benzene rings is 1. The van der Waals surface area contributed by atoms with E-state index in [0.717, 1.165) is 30.6 Å². The molecule has 1 aromatic heterocycles. The summed E-state index contributed by atoms with van der Waals surface area (Å²) in [5, 5.41) is 9.20. The van der Waals surface area contributed by atoms with Crippen molar-refractivity contribution < 1.29 is 0 Å². The minimum atomic E-state index is 0.557. The van der Waals surface area contributed by atoms with E-state index in [0.29, 0.717) is 14.8 Å². The molecule has 0 spiro atoms. The molecule has 5 heteroatoms. The summed E-state index contributed by atoms with van der Waals surface area (Å²) in [5.74, 6) is 0. The Bertz CT molecular complexity index is 643. The van der Waals surface area contributed by atoms with E-state index >= 15 is 0 Å². The van der Waals surface area contributed by atoms with Gasteiger partial charge in [0.25, 0.3) is 0 Å². The monoisotopic (exact) mass is 314 g/mol. The Balaban J connectivity index is 2.64. The third-order valence-electron chi connectivity index (χ3n) is 2.99. The molecule has 0 amide bonds. The average molecular weight is 315 g/mol. The lowest BCUT2D eigenvalue weighted by atomic mass is 10.1. The van der Waals surface area contributed by atoms with Crippen molar-refractivity contribution in [3.05, 3.63) is 37.9 Å². The van der Waals surface area contributed by atoms with Crippen LogP contribution in [0.2, 0.25) is 10.0 Å². The zero-order valence-electron chi connectivity index (χ0n) is 11.0. The van der Waals surface area contributed by atoms with E-state index < -0.39 is 0 Å². The van der Waals surface area contributed by atoms with Gasteiger partial charge >= 0.3 is 0 Å². The third kappa shape index (κ3) is 2.88. The van der Waals surface area contributed by atoms with E-state index in [1.807, 2.05) is 22.8 Å². The van der Waals surface area contributed by atoms with Crippen LogP contribution >= 0.6 is 34.5 Å². The van der Waals surface area contributed by atoms with Crippen LogP contribution in [0.5, 0.6) is 0 Å². The Morgan fingerprint density at radius 2 is 1.95 bits per heavy atom. The van der Waals surface area contributed by atoms with Crippen molar-refractivity contribution in [1.82, 2.24) is 4.57 Å². The van der Waals surface area contributed by atoms with Gasteiger partial charge in [-0.15, -0.1) is 11.3 Å². The number of hydrogen-bond donors (Lipinski definition) is 1. The predicted octanol–water partition coefficient (Wildman–Crippen LogP) is 4.98. The average Bonchev–Trinajstić information content (AvgIpc) is 2.69. The predicted molar refractivity (Wildman–Crippen MR) is 83.3 cm³/mol. The molecular weight excluding hydrogens is 299 g/mol. The lowest BCUT2D eigenvalue weighted by Crippen LogP contribution is -2.12. The Labute approximate surface area is 127 Å². The zero-order valence-corrected chi connectivity index (χ0v) is 13.3. The molecule has 0 radical (unpaired) electrons. The van der Waals surface area contributed by atoms with Gasteiger partial charge in [-0.1, -0.05) is 42.6 Å². The normalized spacial score (nSPS) is 10.9. The second-order valence-electron chi connectivity index (χ2n) is 4.30. The summed E-state index contributed by atoms with van der Waals surface area (Å²) in [4.78, 5) is 1.83. The summed E-state index contributed by atoms with van der Waals surface area (Å²) in [6, 6.07) is 5.67. The minimum Gasteiger partial charge on any atom is -0.317 e. The SMILES string of the molecule is CCCc1sc(=N)n(CC)c1-c1ccc(Cl)c(Cl)c1. The van der Waals surface area contributed by atoms with Gasteiger partial charge in [-0.2, -0.15) is 0 Å². The van der Waals surface area contributed by atoms with Gasteiger partial charge in [0.05, 0.1) is 15.7 Å². The van der Waals surface area contributed by atoms with Crippen molar-refractivity contribution in [3.8, 4) is 11.3 Å². The van der Waals surface area contributed by atoms with Crippen LogP contribution in [0.3, 0.4) is 0 Å². The van der Waals surface area contributed by atoms with Crippen LogP contribution < -0.4 is 4.80 Å². The number of halogens is 2. The smallest absolute Gasteiger partial charge is 0.182 e. The van der Waals surface area contributed by atoms with Gasteiger partial charge in [0.1, 0.15) is 0 Å². The van der Waals surface area contributed by atoms with Gasteiger partial charge in [-0.3, -0.25) is 5.41 Å². The molecule has 2 rings (SSSR count). The van der Waals surface area contributed by atoms with E-state index in [1.165, 1.54) is 4.88 Å². The largest absolute Gasteiger partial charge is 0.317 e. The standard InChI is InChI=1S/C14H16Cl2N2S/c1-3-5-12-13(18(4-2)14(17)19-12)9-6-7-10(15)11(16)8-9/h6-8,17H,3-5H2,1-2H3. The van der Waals surface area contributed by atoms with Crippen molar-refractivity contribution in [2.45, 2.75) is 33.2 Å². The second kappa shape index (κ2) is 6.12. The fourth-order valence-corrected chi connectivity index (χ4v) is 3.62. The van der Waals surface area contributed by atoms with Gasteiger partial charge < -0.3 is 4.57 Å². The van der Waals surface area contributed by atoms with E-state index in [-0.39, 0.29) is 0 Å². The van der Waals surface area contributed by atoms with Crippen molar-refractivity contribution in [1.29, 1.82) is 5.41 Å². The van der Waals surface area contributed by atoms with Gasteiger partial charge in [0, 0.05) is 17.0 Å². The van der Waals surface area contributed by atoms with E-state index in [4.69, 9.17) is 28.6 Å². The third-order valence-corrected chi connectivity index (χ3v) is 4.78. The lowest BCUT2D eigenvalue weighted by Gasteiger charge is -2.09. The number of hydrogen-bond acceptors (Lipinski definition) is 2. The Morgan fingerprint density at radius 3 is 2.53 bits per heavy atom. The zero-order chi connectivity index (χ0) is 14.0. The van der Waals surface area contributed by atoms with Crippen LogP contribution in [0, 0.1) is 5.41 Å². The van der Waals surface area contributed by atoms with E-state index in [1.54, 1.807) is 11.3 Å². The molecule has 0 aliphatic carbocycles. The summed E-state index contributed by atoms with van der Waals surface area (Å²) in [6.07, 6.45) is 2.05. The van der Waals surface area contributed by atoms with E-state index in [9.17, 15) is 0 Å². The van der Waals surface area contributed by atoms with Gasteiger partial charge in [-0.25, -0.2) is 0 Å². The summed E-state index contributed by atoms with van der Waals surface area (Å²) >= 11 is 13.6. The Kier molecular flexibility index (Phi) is 4.71. The number of aromatic nitrogens is 1. The van der Waals surface area contributed by atoms with Crippen LogP contribution in [0.1, 0.15) is 25.1 Å². The fourth-order valence-electron chi connectivity index (χ4n) is 2.13. The maximum Gasteiger partial charge on any atom is 0.182 e. The quantitative estimate of drug-likeness (QED) is 0.825. The number of nitrogens with one attached hydrogen (secondary N) is 1. The highest BCUT2D eigenvalue weighted by atomic mass is 35.5. The first-order valence-electron chi connectivity index (χ1n) is 6.31. The first-order chi connectivity index (χ1) is 9.08. The number of nitrogens with zero attached hydrogens (tertiary/aromatic N) is 1. The first kappa shape index (κ1) is 14.6. The van der Waals surface area contributed by atoms with Crippen LogP contribution in [0.25, 0.3) is 11.3 Å². The highest BCUT2D eigenvalue weighted by Crippen LogP contribution is 2.32. The molecular formula is C14H16Cl2N2S. The molecule has 0 fully saturated rings. The van der Waals surface area contributed by atoms with Crippen molar-refractivity contribution in [2.24, 2.45) is 0 Å². The molecule has 2 nitrogen and oxygen atoms in total. The van der Waals surface area contributed by atoms with Crippen molar-refractivity contribution >= 4 is 34.5 Å². The second-order valence-corrected chi connectivity index (χ2v) is 6.20. The fraction of sp³-hybridized carbons (Fsp3) is 0.357.